The summed E-state index contributed by atoms with van der Waals surface area (Å²) in [6, 6.07) is 0. The van der Waals surface area contributed by atoms with Gasteiger partial charge in [0.2, 0.25) is 0 Å². The molecule has 0 saturated heterocycles. The lowest BCUT2D eigenvalue weighted by Crippen LogP contribution is -2.00. The molecule has 1 rings (SSSR count). The van der Waals surface area contributed by atoms with Crippen LogP contribution in [0.1, 0.15) is 37.7 Å². The molecule has 0 saturated carbocycles. The lowest BCUT2D eigenvalue weighted by Gasteiger charge is -2.03. The fourth-order valence-corrected chi connectivity index (χ4v) is 2.06. The minimum atomic E-state index is 0.518. The van der Waals surface area contributed by atoms with Gasteiger partial charge in [-0.15, -0.1) is 0 Å². The Morgan fingerprint density at radius 3 is 1.85 bits per heavy atom. The minimum absolute atomic E-state index is 0.518. The molecule has 0 aliphatic heterocycles. The molecule has 13 heavy (non-hydrogen) atoms. The van der Waals surface area contributed by atoms with Crippen LogP contribution in [0.15, 0.2) is 0 Å². The Labute approximate surface area is 80.2 Å². The van der Waals surface area contributed by atoms with Gasteiger partial charge in [0.15, 0.2) is 0 Å². The molecule has 0 radical (unpaired) electrons. The molecule has 1 heterocycles. The van der Waals surface area contributed by atoms with Crippen LogP contribution >= 0.6 is 0 Å². The standard InChI is InChI=1S/C11H19NO/c1-5-8-9(6-2)12(4)10(7-3)11(8)13/h13H,5-7H2,1-4H3. The smallest absolute Gasteiger partial charge is 0.139 e. The summed E-state index contributed by atoms with van der Waals surface area (Å²) in [6.45, 7) is 6.30. The van der Waals surface area contributed by atoms with E-state index < -0.39 is 0 Å². The number of hydrogen-bond acceptors (Lipinski definition) is 1. The summed E-state index contributed by atoms with van der Waals surface area (Å²) >= 11 is 0. The Balaban J connectivity index is 3.33. The van der Waals surface area contributed by atoms with Crippen LogP contribution in [0.4, 0.5) is 0 Å². The van der Waals surface area contributed by atoms with Gasteiger partial charge in [0.25, 0.3) is 0 Å². The van der Waals surface area contributed by atoms with Crippen LogP contribution in [0.5, 0.6) is 5.75 Å². The highest BCUT2D eigenvalue weighted by molar-refractivity contribution is 5.43. The first-order valence-corrected chi connectivity index (χ1v) is 5.05. The summed E-state index contributed by atoms with van der Waals surface area (Å²) in [7, 11) is 2.04. The van der Waals surface area contributed by atoms with Gasteiger partial charge in [0.05, 0.1) is 5.69 Å². The van der Waals surface area contributed by atoms with E-state index in [9.17, 15) is 5.11 Å². The van der Waals surface area contributed by atoms with E-state index in [2.05, 4.69) is 25.3 Å². The molecule has 2 heteroatoms. The van der Waals surface area contributed by atoms with Crippen molar-refractivity contribution >= 4 is 0 Å². The van der Waals surface area contributed by atoms with Crippen molar-refractivity contribution in [2.75, 3.05) is 0 Å². The zero-order valence-corrected chi connectivity index (χ0v) is 9.02. The van der Waals surface area contributed by atoms with Gasteiger partial charge in [-0.1, -0.05) is 20.8 Å². The molecule has 0 bridgehead atoms. The maximum Gasteiger partial charge on any atom is 0.139 e. The van der Waals surface area contributed by atoms with Gasteiger partial charge in [0.1, 0.15) is 5.75 Å². The Morgan fingerprint density at radius 2 is 1.54 bits per heavy atom. The van der Waals surface area contributed by atoms with Crippen molar-refractivity contribution in [2.24, 2.45) is 7.05 Å². The molecular weight excluding hydrogens is 162 g/mol. The van der Waals surface area contributed by atoms with Crippen LogP contribution in [-0.4, -0.2) is 9.67 Å². The van der Waals surface area contributed by atoms with Crippen LogP contribution < -0.4 is 0 Å². The highest BCUT2D eigenvalue weighted by Gasteiger charge is 2.15. The van der Waals surface area contributed by atoms with E-state index in [1.165, 1.54) is 5.69 Å². The molecule has 1 aromatic heterocycles. The maximum atomic E-state index is 9.90. The lowest BCUT2D eigenvalue weighted by atomic mass is 10.1. The third kappa shape index (κ3) is 1.45. The van der Waals surface area contributed by atoms with Crippen LogP contribution in [0, 0.1) is 0 Å². The number of aromatic nitrogens is 1. The van der Waals surface area contributed by atoms with Crippen molar-refractivity contribution in [3.05, 3.63) is 17.0 Å². The number of rotatable bonds is 3. The van der Waals surface area contributed by atoms with Gasteiger partial charge in [-0.3, -0.25) is 0 Å². The SMILES string of the molecule is CCc1c(O)c(CC)n(C)c1CC. The van der Waals surface area contributed by atoms with Crippen LogP contribution in [-0.2, 0) is 26.3 Å². The van der Waals surface area contributed by atoms with Crippen LogP contribution in [0.2, 0.25) is 0 Å². The topological polar surface area (TPSA) is 25.2 Å². The first kappa shape index (κ1) is 10.2. The monoisotopic (exact) mass is 181 g/mol. The molecule has 74 valence electrons. The van der Waals surface area contributed by atoms with Crippen molar-refractivity contribution in [1.29, 1.82) is 0 Å². The normalized spacial score (nSPS) is 10.8. The van der Waals surface area contributed by atoms with Crippen LogP contribution in [0.3, 0.4) is 0 Å². The van der Waals surface area contributed by atoms with Gasteiger partial charge < -0.3 is 9.67 Å². The van der Waals surface area contributed by atoms with E-state index in [1.807, 2.05) is 7.05 Å². The van der Waals surface area contributed by atoms with Crippen molar-refractivity contribution in [1.82, 2.24) is 4.57 Å². The fourth-order valence-electron chi connectivity index (χ4n) is 2.06. The zero-order valence-electron chi connectivity index (χ0n) is 9.02. The Kier molecular flexibility index (Phi) is 3.02. The first-order valence-electron chi connectivity index (χ1n) is 5.05. The maximum absolute atomic E-state index is 9.90. The first-order chi connectivity index (χ1) is 6.17. The molecular formula is C11H19NO. The van der Waals surface area contributed by atoms with Gasteiger partial charge in [-0.2, -0.15) is 0 Å². The van der Waals surface area contributed by atoms with Gasteiger partial charge in [-0.25, -0.2) is 0 Å². The summed E-state index contributed by atoms with van der Waals surface area (Å²) in [4.78, 5) is 0. The summed E-state index contributed by atoms with van der Waals surface area (Å²) in [6.07, 6.45) is 2.81. The lowest BCUT2D eigenvalue weighted by molar-refractivity contribution is 0.461. The fraction of sp³-hybridized carbons (Fsp3) is 0.636. The molecule has 1 N–H and O–H groups in total. The van der Waals surface area contributed by atoms with E-state index in [0.29, 0.717) is 5.75 Å². The Hall–Kier alpha value is -0.920. The van der Waals surface area contributed by atoms with E-state index in [4.69, 9.17) is 0 Å². The molecule has 0 aliphatic rings. The molecule has 1 aromatic rings. The molecule has 0 aliphatic carbocycles. The molecule has 0 unspecified atom stereocenters. The molecule has 0 spiro atoms. The quantitative estimate of drug-likeness (QED) is 0.761. The third-order valence-electron chi connectivity index (χ3n) is 2.74. The van der Waals surface area contributed by atoms with Crippen LogP contribution in [0.25, 0.3) is 0 Å². The number of hydrogen-bond donors (Lipinski definition) is 1. The highest BCUT2D eigenvalue weighted by atomic mass is 16.3. The van der Waals surface area contributed by atoms with Crippen molar-refractivity contribution in [3.8, 4) is 5.75 Å². The molecule has 0 fully saturated rings. The van der Waals surface area contributed by atoms with Crippen molar-refractivity contribution in [2.45, 2.75) is 40.0 Å². The van der Waals surface area contributed by atoms with Gasteiger partial charge in [0, 0.05) is 18.3 Å². The van der Waals surface area contributed by atoms with E-state index in [-0.39, 0.29) is 0 Å². The second-order valence-corrected chi connectivity index (χ2v) is 3.34. The van der Waals surface area contributed by atoms with Crippen molar-refractivity contribution < 1.29 is 5.11 Å². The average Bonchev–Trinajstić information content (AvgIpc) is 2.36. The molecule has 0 amide bonds. The predicted octanol–water partition coefficient (Wildman–Crippen LogP) is 2.42. The Morgan fingerprint density at radius 1 is 1.00 bits per heavy atom. The summed E-state index contributed by atoms with van der Waals surface area (Å²) in [5.74, 6) is 0.518. The largest absolute Gasteiger partial charge is 0.506 e. The third-order valence-corrected chi connectivity index (χ3v) is 2.74. The van der Waals surface area contributed by atoms with E-state index in [1.54, 1.807) is 0 Å². The van der Waals surface area contributed by atoms with Gasteiger partial charge in [-0.05, 0) is 19.3 Å². The van der Waals surface area contributed by atoms with E-state index >= 15 is 0 Å². The predicted molar refractivity (Wildman–Crippen MR) is 55.2 cm³/mol. The molecule has 2 nitrogen and oxygen atoms in total. The van der Waals surface area contributed by atoms with E-state index in [0.717, 1.165) is 30.5 Å². The minimum Gasteiger partial charge on any atom is -0.506 e. The highest BCUT2D eigenvalue weighted by Crippen LogP contribution is 2.29. The summed E-state index contributed by atoms with van der Waals surface area (Å²) in [5, 5.41) is 9.90. The Bertz CT molecular complexity index is 272. The second kappa shape index (κ2) is 3.86. The van der Waals surface area contributed by atoms with Gasteiger partial charge >= 0.3 is 0 Å². The molecule has 0 aromatic carbocycles. The zero-order chi connectivity index (χ0) is 10.0. The summed E-state index contributed by atoms with van der Waals surface area (Å²) < 4.78 is 2.13. The number of aromatic hydroxyl groups is 1. The molecule has 0 atom stereocenters. The van der Waals surface area contributed by atoms with Crippen molar-refractivity contribution in [3.63, 3.8) is 0 Å². The average molecular weight is 181 g/mol. The second-order valence-electron chi connectivity index (χ2n) is 3.34. The summed E-state index contributed by atoms with van der Waals surface area (Å²) in [5.41, 5.74) is 3.47. The number of nitrogens with zero attached hydrogens (tertiary/aromatic N) is 1.